The first-order valence-electron chi connectivity index (χ1n) is 6.19. The molecular weight excluding hydrogens is 262 g/mol. The standard InChI is InChI=1S/C13H13N3O2S/c1-13(2)7-9-12-11(16-18-19(12)17-15-9)10(13)8-5-3-4-6-14-8/h3-6,10H,7H2,1-2H3/t10-,19?/m0/s1. The second kappa shape index (κ2) is 3.66. The number of hydrogen-bond acceptors (Lipinski definition) is 5. The smallest absolute Gasteiger partial charge is 0.248 e. The zero-order chi connectivity index (χ0) is 13.0. The summed E-state index contributed by atoms with van der Waals surface area (Å²) in [5.41, 5.74) is 2.94. The van der Waals surface area contributed by atoms with Gasteiger partial charge >= 0.3 is 0 Å². The number of oxime groups is 2. The van der Waals surface area contributed by atoms with Crippen LogP contribution in [0.25, 0.3) is 0 Å². The van der Waals surface area contributed by atoms with E-state index in [-0.39, 0.29) is 11.3 Å². The third-order valence-electron chi connectivity index (χ3n) is 3.74. The second-order valence-corrected chi connectivity index (χ2v) is 6.76. The van der Waals surface area contributed by atoms with Gasteiger partial charge in [-0.1, -0.05) is 30.2 Å². The predicted molar refractivity (Wildman–Crippen MR) is 75.0 cm³/mol. The van der Waals surface area contributed by atoms with Crippen LogP contribution >= 0.6 is 11.0 Å². The van der Waals surface area contributed by atoms with E-state index in [9.17, 15) is 0 Å². The van der Waals surface area contributed by atoms with Gasteiger partial charge in [0.25, 0.3) is 0 Å². The molecule has 1 aromatic rings. The van der Waals surface area contributed by atoms with Crippen LogP contribution in [0.2, 0.25) is 0 Å². The van der Waals surface area contributed by atoms with Gasteiger partial charge in [-0.05, 0) is 17.5 Å². The van der Waals surface area contributed by atoms with Gasteiger partial charge in [0, 0.05) is 12.6 Å². The van der Waals surface area contributed by atoms with Crippen molar-refractivity contribution >= 4 is 27.3 Å². The zero-order valence-electron chi connectivity index (χ0n) is 10.7. The molecule has 0 bridgehead atoms. The first-order chi connectivity index (χ1) is 9.17. The molecular formula is C13H13N3O2S. The highest BCUT2D eigenvalue weighted by Crippen LogP contribution is 2.49. The first-order valence-corrected chi connectivity index (χ1v) is 7.27. The molecule has 1 aliphatic carbocycles. The molecule has 4 rings (SSSR count). The molecule has 3 aliphatic rings. The van der Waals surface area contributed by atoms with E-state index in [1.165, 1.54) is 0 Å². The number of rotatable bonds is 1. The summed E-state index contributed by atoms with van der Waals surface area (Å²) in [6.45, 7) is 4.42. The van der Waals surface area contributed by atoms with Gasteiger partial charge < -0.3 is 0 Å². The Morgan fingerprint density at radius 1 is 1.26 bits per heavy atom. The summed E-state index contributed by atoms with van der Waals surface area (Å²) >= 11 is -0.723. The molecule has 1 fully saturated rings. The van der Waals surface area contributed by atoms with Gasteiger partial charge in [-0.3, -0.25) is 13.6 Å². The highest BCUT2D eigenvalue weighted by molar-refractivity contribution is 8.10. The minimum absolute atomic E-state index is 0.00799. The van der Waals surface area contributed by atoms with Crippen molar-refractivity contribution in [3.8, 4) is 0 Å². The summed E-state index contributed by atoms with van der Waals surface area (Å²) in [5.74, 6) is 0.127. The fourth-order valence-corrected chi connectivity index (χ4v) is 4.05. The van der Waals surface area contributed by atoms with E-state index in [0.717, 1.165) is 28.4 Å². The van der Waals surface area contributed by atoms with Crippen LogP contribution in [0.4, 0.5) is 0 Å². The van der Waals surface area contributed by atoms with Gasteiger partial charge in [-0.25, -0.2) is 0 Å². The molecule has 2 atom stereocenters. The van der Waals surface area contributed by atoms with Crippen LogP contribution < -0.4 is 0 Å². The number of aromatic nitrogens is 1. The van der Waals surface area contributed by atoms with Crippen molar-refractivity contribution in [3.63, 3.8) is 0 Å². The first kappa shape index (κ1) is 11.2. The quantitative estimate of drug-likeness (QED) is 0.740. The van der Waals surface area contributed by atoms with Gasteiger partial charge in [0.15, 0.2) is 0 Å². The van der Waals surface area contributed by atoms with Crippen molar-refractivity contribution in [1.82, 2.24) is 4.98 Å². The average Bonchev–Trinajstić information content (AvgIpc) is 2.96. The van der Waals surface area contributed by atoms with Crippen LogP contribution in [-0.4, -0.2) is 21.3 Å². The van der Waals surface area contributed by atoms with E-state index in [1.807, 2.05) is 24.4 Å². The van der Waals surface area contributed by atoms with E-state index in [4.69, 9.17) is 8.57 Å². The number of hydrogen-bond donors (Lipinski definition) is 0. The Kier molecular flexibility index (Phi) is 2.15. The van der Waals surface area contributed by atoms with Crippen molar-refractivity contribution in [2.75, 3.05) is 0 Å². The monoisotopic (exact) mass is 275 g/mol. The number of nitrogens with zero attached hydrogens (tertiary/aromatic N) is 3. The normalized spacial score (nSPS) is 30.1. The molecule has 0 aromatic carbocycles. The highest BCUT2D eigenvalue weighted by Gasteiger charge is 2.50. The fraction of sp³-hybridized carbons (Fsp3) is 0.385. The molecule has 2 aliphatic heterocycles. The summed E-state index contributed by atoms with van der Waals surface area (Å²) in [6, 6.07) is 5.98. The van der Waals surface area contributed by atoms with Crippen molar-refractivity contribution in [3.05, 3.63) is 30.1 Å². The van der Waals surface area contributed by atoms with E-state index in [1.54, 1.807) is 0 Å². The molecule has 19 heavy (non-hydrogen) atoms. The van der Waals surface area contributed by atoms with Crippen LogP contribution in [0.3, 0.4) is 0 Å². The van der Waals surface area contributed by atoms with Crippen LogP contribution in [-0.2, 0) is 8.57 Å². The molecule has 0 spiro atoms. The average molecular weight is 275 g/mol. The Morgan fingerprint density at radius 2 is 2.11 bits per heavy atom. The van der Waals surface area contributed by atoms with Crippen LogP contribution in [0.15, 0.2) is 34.7 Å². The molecule has 6 heteroatoms. The SMILES string of the molecule is CC1(C)CC2=NOS3=C2C(=NO3)[C@@H]1c1ccccn1. The van der Waals surface area contributed by atoms with Gasteiger partial charge in [0.2, 0.25) is 11.0 Å². The lowest BCUT2D eigenvalue weighted by Crippen LogP contribution is -2.43. The molecule has 1 saturated carbocycles. The maximum atomic E-state index is 5.35. The summed E-state index contributed by atoms with van der Waals surface area (Å²) < 4.78 is 10.6. The van der Waals surface area contributed by atoms with E-state index < -0.39 is 11.0 Å². The lowest BCUT2D eigenvalue weighted by atomic mass is 9.65. The Balaban J connectivity index is 1.88. The zero-order valence-corrected chi connectivity index (χ0v) is 11.5. The third-order valence-corrected chi connectivity index (χ3v) is 4.94. The molecule has 0 radical (unpaired) electrons. The Labute approximate surface area is 113 Å². The maximum absolute atomic E-state index is 5.35. The Morgan fingerprint density at radius 3 is 2.89 bits per heavy atom. The predicted octanol–water partition coefficient (Wildman–Crippen LogP) is 2.64. The second-order valence-electron chi connectivity index (χ2n) is 5.58. The molecule has 5 nitrogen and oxygen atoms in total. The van der Waals surface area contributed by atoms with Crippen molar-refractivity contribution < 1.29 is 8.57 Å². The topological polar surface area (TPSA) is 56.1 Å². The summed E-state index contributed by atoms with van der Waals surface area (Å²) in [5, 5.41) is 8.37. The van der Waals surface area contributed by atoms with Crippen LogP contribution in [0.1, 0.15) is 31.9 Å². The van der Waals surface area contributed by atoms with Gasteiger partial charge in [-0.15, -0.1) is 0 Å². The van der Waals surface area contributed by atoms with Gasteiger partial charge in [0.05, 0.1) is 11.6 Å². The molecule has 1 unspecified atom stereocenters. The molecule has 0 N–H and O–H groups in total. The highest BCUT2D eigenvalue weighted by atomic mass is 32.2. The van der Waals surface area contributed by atoms with E-state index >= 15 is 0 Å². The number of pyridine rings is 1. The largest absolute Gasteiger partial charge is 0.288 e. The van der Waals surface area contributed by atoms with E-state index in [0.29, 0.717) is 0 Å². The summed E-state index contributed by atoms with van der Waals surface area (Å²) in [4.78, 5) is 5.54. The van der Waals surface area contributed by atoms with E-state index in [2.05, 4.69) is 29.1 Å². The van der Waals surface area contributed by atoms with Gasteiger partial charge in [-0.2, -0.15) is 0 Å². The lowest BCUT2D eigenvalue weighted by Gasteiger charge is -2.37. The molecule has 1 aromatic heterocycles. The fourth-order valence-electron chi connectivity index (χ4n) is 2.94. The summed E-state index contributed by atoms with van der Waals surface area (Å²) in [7, 11) is 0. The summed E-state index contributed by atoms with van der Waals surface area (Å²) in [6.07, 6.45) is 2.68. The van der Waals surface area contributed by atoms with Crippen molar-refractivity contribution in [1.29, 1.82) is 0 Å². The van der Waals surface area contributed by atoms with Crippen LogP contribution in [0.5, 0.6) is 0 Å². The third kappa shape index (κ3) is 1.49. The maximum Gasteiger partial charge on any atom is 0.248 e. The van der Waals surface area contributed by atoms with Crippen LogP contribution in [0, 0.1) is 5.41 Å². The molecule has 0 amide bonds. The molecule has 0 saturated heterocycles. The minimum Gasteiger partial charge on any atom is -0.288 e. The minimum atomic E-state index is -0.723. The van der Waals surface area contributed by atoms with Gasteiger partial charge in [0.1, 0.15) is 16.3 Å². The Bertz CT molecular complexity index is 649. The Hall–Kier alpha value is -1.69. The molecule has 98 valence electrons. The van der Waals surface area contributed by atoms with Crippen molar-refractivity contribution in [2.24, 2.45) is 15.7 Å². The molecule has 3 heterocycles. The lowest BCUT2D eigenvalue weighted by molar-refractivity contribution is 0.291. The van der Waals surface area contributed by atoms with Crippen molar-refractivity contribution in [2.45, 2.75) is 26.2 Å².